The second-order valence-electron chi connectivity index (χ2n) is 4.26. The zero-order valence-corrected chi connectivity index (χ0v) is 11.3. The zero-order valence-electron chi connectivity index (χ0n) is 11.3. The number of carbonyl (C=O) groups is 1. The lowest BCUT2D eigenvalue weighted by Gasteiger charge is -2.07. The van der Waals surface area contributed by atoms with Crippen LogP contribution in [0, 0.1) is 0 Å². The van der Waals surface area contributed by atoms with E-state index in [-0.39, 0.29) is 5.97 Å². The molecule has 1 aromatic heterocycles. The summed E-state index contributed by atoms with van der Waals surface area (Å²) in [7, 11) is 1.36. The van der Waals surface area contributed by atoms with Gasteiger partial charge < -0.3 is 9.72 Å². The van der Waals surface area contributed by atoms with Crippen molar-refractivity contribution in [2.75, 3.05) is 7.11 Å². The molecule has 1 aliphatic rings. The van der Waals surface area contributed by atoms with Crippen LogP contribution in [0.3, 0.4) is 0 Å². The monoisotopic (exact) mass is 280 g/mol. The largest absolute Gasteiger partial charge is 0.465 e. The van der Waals surface area contributed by atoms with E-state index in [1.807, 2.05) is 12.1 Å². The lowest BCUT2D eigenvalue weighted by atomic mass is 10.0. The number of ether oxygens (including phenoxy) is 1. The van der Waals surface area contributed by atoms with Gasteiger partial charge in [-0.15, -0.1) is 0 Å². The molecule has 2 heterocycles. The van der Waals surface area contributed by atoms with Crippen molar-refractivity contribution < 1.29 is 9.53 Å². The number of aliphatic imine (C=N–C) groups is 2. The fourth-order valence-corrected chi connectivity index (χ4v) is 2.03. The van der Waals surface area contributed by atoms with E-state index in [4.69, 9.17) is 4.74 Å². The quantitative estimate of drug-likeness (QED) is 0.874. The highest BCUT2D eigenvalue weighted by Gasteiger charge is 2.15. The van der Waals surface area contributed by atoms with Crippen LogP contribution < -0.4 is 0 Å². The van der Waals surface area contributed by atoms with E-state index in [0.29, 0.717) is 17.2 Å². The highest BCUT2D eigenvalue weighted by molar-refractivity contribution is 6.19. The summed E-state index contributed by atoms with van der Waals surface area (Å²) in [6, 6.07) is 7.04. The molecule has 0 radical (unpaired) electrons. The second-order valence-corrected chi connectivity index (χ2v) is 4.26. The van der Waals surface area contributed by atoms with E-state index >= 15 is 0 Å². The van der Waals surface area contributed by atoms with Crippen LogP contribution in [-0.4, -0.2) is 35.5 Å². The molecule has 0 aliphatic carbocycles. The highest BCUT2D eigenvalue weighted by atomic mass is 16.5. The van der Waals surface area contributed by atoms with E-state index in [2.05, 4.69) is 20.0 Å². The summed E-state index contributed by atoms with van der Waals surface area (Å²) in [5.41, 5.74) is 2.13. The maximum atomic E-state index is 11.5. The van der Waals surface area contributed by atoms with Crippen molar-refractivity contribution in [3.8, 4) is 0 Å². The topological polar surface area (TPSA) is 79.7 Å². The Balaban J connectivity index is 2.06. The molecule has 0 amide bonds. The fourth-order valence-electron chi connectivity index (χ4n) is 2.03. The molecular formula is C15H12N4O2. The Bertz CT molecular complexity index is 726. The molecule has 0 saturated carbocycles. The molecule has 3 rings (SSSR count). The molecule has 1 aliphatic heterocycles. The van der Waals surface area contributed by atoms with Crippen molar-refractivity contribution >= 4 is 24.0 Å². The van der Waals surface area contributed by atoms with E-state index in [1.54, 1.807) is 37.0 Å². The summed E-state index contributed by atoms with van der Waals surface area (Å²) < 4.78 is 4.69. The Morgan fingerprint density at radius 1 is 1.10 bits per heavy atom. The van der Waals surface area contributed by atoms with Crippen LogP contribution in [0.4, 0.5) is 0 Å². The van der Waals surface area contributed by atoms with Gasteiger partial charge in [-0.2, -0.15) is 0 Å². The van der Waals surface area contributed by atoms with Gasteiger partial charge in [0, 0.05) is 24.8 Å². The molecule has 21 heavy (non-hydrogen) atoms. The van der Waals surface area contributed by atoms with Gasteiger partial charge >= 0.3 is 5.97 Å². The predicted molar refractivity (Wildman–Crippen MR) is 79.4 cm³/mol. The first-order chi connectivity index (χ1) is 10.3. The number of imidazole rings is 1. The average Bonchev–Trinajstić information content (AvgIpc) is 3.21. The Kier molecular flexibility index (Phi) is 3.42. The van der Waals surface area contributed by atoms with Gasteiger partial charge in [0.1, 0.15) is 5.82 Å². The minimum Gasteiger partial charge on any atom is -0.465 e. The number of methoxy groups -OCH3 is 1. The summed E-state index contributed by atoms with van der Waals surface area (Å²) in [5, 5.41) is 0. The first-order valence-electron chi connectivity index (χ1n) is 6.29. The third kappa shape index (κ3) is 2.51. The van der Waals surface area contributed by atoms with Crippen LogP contribution in [0.25, 0.3) is 5.57 Å². The summed E-state index contributed by atoms with van der Waals surface area (Å²) in [5.74, 6) is 0.883. The first kappa shape index (κ1) is 13.0. The normalized spacial score (nSPS) is 12.7. The van der Waals surface area contributed by atoms with Gasteiger partial charge in [0.05, 0.1) is 18.2 Å². The Hall–Kier alpha value is -3.02. The number of aromatic amines is 1. The van der Waals surface area contributed by atoms with Crippen molar-refractivity contribution in [2.24, 2.45) is 9.98 Å². The number of benzene rings is 1. The van der Waals surface area contributed by atoms with Crippen molar-refractivity contribution in [1.29, 1.82) is 0 Å². The molecule has 2 aromatic rings. The number of hydrogen-bond acceptors (Lipinski definition) is 5. The molecule has 104 valence electrons. The fraction of sp³-hybridized carbons (Fsp3) is 0.0667. The predicted octanol–water partition coefficient (Wildman–Crippen LogP) is 2.07. The van der Waals surface area contributed by atoms with Crippen molar-refractivity contribution in [1.82, 2.24) is 9.97 Å². The summed E-state index contributed by atoms with van der Waals surface area (Å²) in [4.78, 5) is 27.2. The molecule has 1 aromatic carbocycles. The maximum Gasteiger partial charge on any atom is 0.337 e. The Morgan fingerprint density at radius 2 is 1.76 bits per heavy atom. The summed E-state index contributed by atoms with van der Waals surface area (Å²) in [6.45, 7) is 0. The number of hydrogen-bond donors (Lipinski definition) is 1. The second kappa shape index (κ2) is 5.54. The number of nitrogens with zero attached hydrogens (tertiary/aromatic N) is 3. The number of carbonyl (C=O) groups excluding carboxylic acids is 1. The van der Waals surface area contributed by atoms with Gasteiger partial charge in [-0.3, -0.25) is 0 Å². The number of rotatable bonds is 3. The lowest BCUT2D eigenvalue weighted by Crippen LogP contribution is -2.01. The molecule has 0 saturated heterocycles. The SMILES string of the molecule is COC(=O)c1ccc(C(=C2N=CC=N2)c2ncc[nH]2)cc1. The molecule has 0 atom stereocenters. The molecule has 0 fully saturated rings. The van der Waals surface area contributed by atoms with Crippen molar-refractivity contribution in [2.45, 2.75) is 0 Å². The first-order valence-corrected chi connectivity index (χ1v) is 6.29. The number of aromatic nitrogens is 2. The van der Waals surface area contributed by atoms with Crippen molar-refractivity contribution in [3.05, 3.63) is 59.4 Å². The van der Waals surface area contributed by atoms with Crippen LogP contribution in [-0.2, 0) is 4.74 Å². The third-order valence-corrected chi connectivity index (χ3v) is 3.01. The minimum absolute atomic E-state index is 0.370. The van der Waals surface area contributed by atoms with E-state index in [1.165, 1.54) is 7.11 Å². The van der Waals surface area contributed by atoms with E-state index in [0.717, 1.165) is 11.1 Å². The maximum absolute atomic E-state index is 11.5. The minimum atomic E-state index is -0.370. The Labute approximate surface area is 120 Å². The van der Waals surface area contributed by atoms with Gasteiger partial charge in [0.25, 0.3) is 0 Å². The average molecular weight is 280 g/mol. The van der Waals surface area contributed by atoms with Crippen LogP contribution >= 0.6 is 0 Å². The zero-order chi connectivity index (χ0) is 14.7. The molecule has 0 unspecified atom stereocenters. The Morgan fingerprint density at radius 3 is 2.33 bits per heavy atom. The summed E-state index contributed by atoms with van der Waals surface area (Å²) in [6.07, 6.45) is 6.66. The van der Waals surface area contributed by atoms with E-state index < -0.39 is 0 Å². The smallest absolute Gasteiger partial charge is 0.337 e. The van der Waals surface area contributed by atoms with Gasteiger partial charge in [-0.25, -0.2) is 19.8 Å². The van der Waals surface area contributed by atoms with Crippen LogP contribution in [0.15, 0.2) is 52.5 Å². The van der Waals surface area contributed by atoms with Gasteiger partial charge in [0.2, 0.25) is 0 Å². The van der Waals surface area contributed by atoms with Crippen LogP contribution in [0.1, 0.15) is 21.7 Å². The molecule has 1 N–H and O–H groups in total. The molecule has 6 heteroatoms. The molecular weight excluding hydrogens is 268 g/mol. The van der Waals surface area contributed by atoms with Crippen molar-refractivity contribution in [3.63, 3.8) is 0 Å². The van der Waals surface area contributed by atoms with Crippen LogP contribution in [0.5, 0.6) is 0 Å². The number of H-pyrrole nitrogens is 1. The standard InChI is InChI=1S/C15H12N4O2/c1-21-15(20)11-4-2-10(3-5-11)12(13-16-6-7-17-13)14-18-8-9-19-14/h2-9H,1H3,(H,16,17). The molecule has 0 spiro atoms. The van der Waals surface area contributed by atoms with Gasteiger partial charge in [-0.05, 0) is 17.7 Å². The lowest BCUT2D eigenvalue weighted by molar-refractivity contribution is 0.0600. The van der Waals surface area contributed by atoms with Gasteiger partial charge in [-0.1, -0.05) is 12.1 Å². The molecule has 6 nitrogen and oxygen atoms in total. The third-order valence-electron chi connectivity index (χ3n) is 3.01. The van der Waals surface area contributed by atoms with Gasteiger partial charge in [0.15, 0.2) is 5.82 Å². The highest BCUT2D eigenvalue weighted by Crippen LogP contribution is 2.27. The van der Waals surface area contributed by atoms with Crippen LogP contribution in [0.2, 0.25) is 0 Å². The molecule has 0 bridgehead atoms. The number of esters is 1. The summed E-state index contributed by atoms with van der Waals surface area (Å²) >= 11 is 0. The van der Waals surface area contributed by atoms with E-state index in [9.17, 15) is 4.79 Å². The number of nitrogens with one attached hydrogen (secondary N) is 1.